The van der Waals surface area contributed by atoms with Crippen LogP contribution < -0.4 is 16.4 Å². The first-order chi connectivity index (χ1) is 14.6. The van der Waals surface area contributed by atoms with Crippen molar-refractivity contribution < 1.29 is 23.9 Å². The standard InChI is InChI=1S/C21H31N5O5/c1-21(2,3)31-19(28)23-12-17(27)24-16-10-7-11-26(13-16)18(22)25-20(29)30-14-15-8-5-4-6-9-15/h4-6,8-9,16H,7,10-14H2,1-3H3,(H,23,28)(H,24,27)(H2,22,25,29)/t16-/m0/s1. The number of likely N-dealkylation sites (tertiary alicyclic amines) is 1. The molecule has 170 valence electrons. The minimum absolute atomic E-state index is 0.0453. The largest absolute Gasteiger partial charge is 0.444 e. The molecule has 2 rings (SSSR count). The number of aliphatic imine (C=N–C) groups is 1. The van der Waals surface area contributed by atoms with E-state index < -0.39 is 17.8 Å². The Morgan fingerprint density at radius 2 is 1.94 bits per heavy atom. The van der Waals surface area contributed by atoms with Crippen molar-refractivity contribution in [2.75, 3.05) is 19.6 Å². The maximum Gasteiger partial charge on any atom is 0.437 e. The van der Waals surface area contributed by atoms with Gasteiger partial charge in [-0.1, -0.05) is 30.3 Å². The Kier molecular flexibility index (Phi) is 8.65. The number of alkyl carbamates (subject to hydrolysis) is 1. The molecule has 1 atom stereocenters. The van der Waals surface area contributed by atoms with Crippen LogP contribution in [0.15, 0.2) is 35.3 Å². The number of rotatable bonds is 5. The average Bonchev–Trinajstić information content (AvgIpc) is 2.70. The van der Waals surface area contributed by atoms with E-state index in [4.69, 9.17) is 15.2 Å². The molecule has 1 aliphatic heterocycles. The smallest absolute Gasteiger partial charge is 0.437 e. The molecule has 0 radical (unpaired) electrons. The zero-order valence-corrected chi connectivity index (χ0v) is 18.2. The fourth-order valence-electron chi connectivity index (χ4n) is 2.96. The van der Waals surface area contributed by atoms with E-state index in [0.29, 0.717) is 13.1 Å². The Labute approximate surface area is 182 Å². The molecule has 0 unspecified atom stereocenters. The fraction of sp³-hybridized carbons (Fsp3) is 0.524. The van der Waals surface area contributed by atoms with Gasteiger partial charge in [0.1, 0.15) is 18.8 Å². The summed E-state index contributed by atoms with van der Waals surface area (Å²) in [6, 6.07) is 9.08. The zero-order chi connectivity index (χ0) is 22.9. The summed E-state index contributed by atoms with van der Waals surface area (Å²) >= 11 is 0. The Balaban J connectivity index is 1.77. The molecule has 0 saturated carbocycles. The van der Waals surface area contributed by atoms with Gasteiger partial charge in [-0.15, -0.1) is 4.99 Å². The Morgan fingerprint density at radius 1 is 1.23 bits per heavy atom. The van der Waals surface area contributed by atoms with Crippen LogP contribution in [0, 0.1) is 0 Å². The van der Waals surface area contributed by atoms with Crippen molar-refractivity contribution in [3.05, 3.63) is 35.9 Å². The number of benzene rings is 1. The fourth-order valence-corrected chi connectivity index (χ4v) is 2.96. The van der Waals surface area contributed by atoms with Gasteiger partial charge in [0, 0.05) is 19.1 Å². The molecule has 0 spiro atoms. The summed E-state index contributed by atoms with van der Waals surface area (Å²) < 4.78 is 10.2. The number of amides is 3. The van der Waals surface area contributed by atoms with Gasteiger partial charge < -0.3 is 30.7 Å². The highest BCUT2D eigenvalue weighted by molar-refractivity contribution is 5.89. The first-order valence-corrected chi connectivity index (χ1v) is 10.2. The monoisotopic (exact) mass is 433 g/mol. The number of guanidine groups is 1. The molecule has 4 N–H and O–H groups in total. The maximum absolute atomic E-state index is 12.1. The highest BCUT2D eigenvalue weighted by atomic mass is 16.6. The SMILES string of the molecule is CC(C)(C)OC(=O)NCC(=O)N[C@H]1CCCN(/C(N)=N/C(=O)OCc2ccccc2)C1. The minimum Gasteiger partial charge on any atom is -0.444 e. The molecular weight excluding hydrogens is 402 g/mol. The maximum atomic E-state index is 12.1. The van der Waals surface area contributed by atoms with Crippen LogP contribution in [0.4, 0.5) is 9.59 Å². The summed E-state index contributed by atoms with van der Waals surface area (Å²) in [5.74, 6) is -0.292. The molecule has 1 aromatic carbocycles. The third kappa shape index (κ3) is 9.37. The van der Waals surface area contributed by atoms with Gasteiger partial charge in [-0.3, -0.25) is 4.79 Å². The van der Waals surface area contributed by atoms with Crippen LogP contribution in [0.1, 0.15) is 39.2 Å². The van der Waals surface area contributed by atoms with Crippen molar-refractivity contribution in [2.24, 2.45) is 10.7 Å². The highest BCUT2D eigenvalue weighted by Gasteiger charge is 2.24. The Hall–Kier alpha value is -3.30. The Morgan fingerprint density at radius 3 is 2.61 bits per heavy atom. The number of carbonyl (C=O) groups is 3. The molecule has 1 fully saturated rings. The Bertz CT molecular complexity index is 791. The van der Waals surface area contributed by atoms with Crippen molar-refractivity contribution in [1.29, 1.82) is 0 Å². The van der Waals surface area contributed by atoms with Gasteiger partial charge >= 0.3 is 12.2 Å². The van der Waals surface area contributed by atoms with E-state index >= 15 is 0 Å². The third-order valence-electron chi connectivity index (χ3n) is 4.31. The predicted molar refractivity (Wildman–Crippen MR) is 115 cm³/mol. The molecule has 1 aliphatic rings. The summed E-state index contributed by atoms with van der Waals surface area (Å²) in [4.78, 5) is 41.2. The average molecular weight is 434 g/mol. The van der Waals surface area contributed by atoms with Crippen LogP contribution in [0.2, 0.25) is 0 Å². The number of nitrogens with two attached hydrogens (primary N) is 1. The van der Waals surface area contributed by atoms with Gasteiger partial charge in [0.15, 0.2) is 0 Å². The van der Waals surface area contributed by atoms with E-state index in [1.807, 2.05) is 30.3 Å². The van der Waals surface area contributed by atoms with Crippen molar-refractivity contribution >= 4 is 24.1 Å². The molecule has 1 aromatic rings. The molecule has 1 saturated heterocycles. The third-order valence-corrected chi connectivity index (χ3v) is 4.31. The predicted octanol–water partition coefficient (Wildman–Crippen LogP) is 1.74. The van der Waals surface area contributed by atoms with E-state index in [0.717, 1.165) is 18.4 Å². The number of nitrogens with one attached hydrogen (secondary N) is 2. The van der Waals surface area contributed by atoms with E-state index in [1.165, 1.54) is 0 Å². The molecular formula is C21H31N5O5. The number of nitrogens with zero attached hydrogens (tertiary/aromatic N) is 2. The lowest BCUT2D eigenvalue weighted by Crippen LogP contribution is -2.53. The summed E-state index contributed by atoms with van der Waals surface area (Å²) in [5, 5.41) is 5.26. The molecule has 31 heavy (non-hydrogen) atoms. The molecule has 1 heterocycles. The van der Waals surface area contributed by atoms with Gasteiger partial charge in [-0.25, -0.2) is 9.59 Å². The van der Waals surface area contributed by atoms with Crippen molar-refractivity contribution in [3.63, 3.8) is 0 Å². The lowest BCUT2D eigenvalue weighted by molar-refractivity contribution is -0.121. The summed E-state index contributed by atoms with van der Waals surface area (Å²) in [6.07, 6.45) is 0.0903. The van der Waals surface area contributed by atoms with Gasteiger partial charge in [0.2, 0.25) is 11.9 Å². The number of ether oxygens (including phenoxy) is 2. The quantitative estimate of drug-likeness (QED) is 0.475. The summed E-state index contributed by atoms with van der Waals surface area (Å²) in [7, 11) is 0. The van der Waals surface area contributed by atoms with E-state index in [2.05, 4.69) is 15.6 Å². The lowest BCUT2D eigenvalue weighted by Gasteiger charge is -2.33. The molecule has 10 heteroatoms. The van der Waals surface area contributed by atoms with Crippen molar-refractivity contribution in [2.45, 2.75) is 51.9 Å². The molecule has 0 aliphatic carbocycles. The second kappa shape index (κ2) is 11.2. The number of piperidine rings is 1. The zero-order valence-electron chi connectivity index (χ0n) is 18.2. The van der Waals surface area contributed by atoms with Crippen molar-refractivity contribution in [3.8, 4) is 0 Å². The van der Waals surface area contributed by atoms with Gasteiger partial charge in [0.05, 0.1) is 0 Å². The minimum atomic E-state index is -0.769. The highest BCUT2D eigenvalue weighted by Crippen LogP contribution is 2.10. The summed E-state index contributed by atoms with van der Waals surface area (Å²) in [6.45, 7) is 6.16. The van der Waals surface area contributed by atoms with Crippen molar-refractivity contribution in [1.82, 2.24) is 15.5 Å². The number of hydrogen-bond acceptors (Lipinski definition) is 5. The van der Waals surface area contributed by atoms with Crippen LogP contribution in [0.5, 0.6) is 0 Å². The van der Waals surface area contributed by atoms with Gasteiger partial charge in [-0.05, 0) is 39.2 Å². The second-order valence-electron chi connectivity index (χ2n) is 8.22. The van der Waals surface area contributed by atoms with Crippen LogP contribution in [0.3, 0.4) is 0 Å². The molecule has 3 amide bonds. The number of carbonyl (C=O) groups excluding carboxylic acids is 3. The molecule has 0 aromatic heterocycles. The summed E-state index contributed by atoms with van der Waals surface area (Å²) in [5.41, 5.74) is 6.17. The first-order valence-electron chi connectivity index (χ1n) is 10.2. The first kappa shape index (κ1) is 24.0. The normalized spacial score (nSPS) is 16.9. The van der Waals surface area contributed by atoms with Crippen LogP contribution in [-0.2, 0) is 20.9 Å². The number of hydrogen-bond donors (Lipinski definition) is 3. The lowest BCUT2D eigenvalue weighted by atomic mass is 10.1. The van der Waals surface area contributed by atoms with Crippen LogP contribution >= 0.6 is 0 Å². The van der Waals surface area contributed by atoms with E-state index in [9.17, 15) is 14.4 Å². The second-order valence-corrected chi connectivity index (χ2v) is 8.22. The van der Waals surface area contributed by atoms with E-state index in [1.54, 1.807) is 25.7 Å². The van der Waals surface area contributed by atoms with Crippen LogP contribution in [0.25, 0.3) is 0 Å². The van der Waals surface area contributed by atoms with Gasteiger partial charge in [-0.2, -0.15) is 0 Å². The molecule has 10 nitrogen and oxygen atoms in total. The van der Waals surface area contributed by atoms with Crippen LogP contribution in [-0.4, -0.2) is 60.2 Å². The topological polar surface area (TPSA) is 135 Å². The van der Waals surface area contributed by atoms with Gasteiger partial charge in [0.25, 0.3) is 0 Å². The molecule has 0 bridgehead atoms. The van der Waals surface area contributed by atoms with E-state index in [-0.39, 0.29) is 31.1 Å².